The van der Waals surface area contributed by atoms with Crippen LogP contribution in [0.15, 0.2) is 18.2 Å². The maximum absolute atomic E-state index is 13.5. The van der Waals surface area contributed by atoms with Gasteiger partial charge in [-0.1, -0.05) is 6.07 Å². The highest BCUT2D eigenvalue weighted by molar-refractivity contribution is 5.28. The third-order valence-corrected chi connectivity index (χ3v) is 3.76. The summed E-state index contributed by atoms with van der Waals surface area (Å²) in [6.07, 6.45) is 1.50. The highest BCUT2D eigenvalue weighted by atomic mass is 19.1. The molecule has 1 saturated heterocycles. The molecule has 0 bridgehead atoms. The maximum atomic E-state index is 13.5. The highest BCUT2D eigenvalue weighted by Crippen LogP contribution is 2.36. The Labute approximate surface area is 113 Å². The predicted molar refractivity (Wildman–Crippen MR) is 72.5 cm³/mol. The quantitative estimate of drug-likeness (QED) is 0.912. The summed E-state index contributed by atoms with van der Waals surface area (Å²) < 4.78 is 24.9. The average Bonchev–Trinajstić information content (AvgIpc) is 2.38. The molecule has 1 atom stereocenters. The Morgan fingerprint density at radius 1 is 1.37 bits per heavy atom. The van der Waals surface area contributed by atoms with Crippen molar-refractivity contribution in [3.63, 3.8) is 0 Å². The van der Waals surface area contributed by atoms with Gasteiger partial charge in [0.05, 0.1) is 11.6 Å². The number of hydrogen-bond acceptors (Lipinski definition) is 3. The van der Waals surface area contributed by atoms with E-state index in [1.807, 2.05) is 19.9 Å². The van der Waals surface area contributed by atoms with Crippen molar-refractivity contribution in [3.8, 4) is 0 Å². The molecule has 0 spiro atoms. The van der Waals surface area contributed by atoms with E-state index < -0.39 is 5.60 Å². The van der Waals surface area contributed by atoms with E-state index in [-0.39, 0.29) is 11.9 Å². The second-order valence-electron chi connectivity index (χ2n) is 5.15. The van der Waals surface area contributed by atoms with E-state index in [2.05, 4.69) is 0 Å². The minimum Gasteiger partial charge on any atom is -0.381 e. The number of aryl methyl sites for hydroxylation is 1. The van der Waals surface area contributed by atoms with Crippen molar-refractivity contribution in [2.24, 2.45) is 5.73 Å². The maximum Gasteiger partial charge on any atom is 0.123 e. The molecule has 1 heterocycles. The van der Waals surface area contributed by atoms with Crippen LogP contribution in [0, 0.1) is 12.7 Å². The monoisotopic (exact) mass is 267 g/mol. The van der Waals surface area contributed by atoms with Crippen molar-refractivity contribution >= 4 is 0 Å². The van der Waals surface area contributed by atoms with Crippen LogP contribution in [0.4, 0.5) is 4.39 Å². The molecule has 1 aromatic rings. The van der Waals surface area contributed by atoms with Crippen molar-refractivity contribution < 1.29 is 13.9 Å². The van der Waals surface area contributed by atoms with E-state index in [1.165, 1.54) is 12.1 Å². The van der Waals surface area contributed by atoms with Gasteiger partial charge in [-0.2, -0.15) is 0 Å². The van der Waals surface area contributed by atoms with Crippen LogP contribution < -0.4 is 5.73 Å². The molecule has 1 aromatic carbocycles. The van der Waals surface area contributed by atoms with Gasteiger partial charge in [-0.05, 0) is 37.1 Å². The van der Waals surface area contributed by atoms with Crippen LogP contribution in [0.3, 0.4) is 0 Å². The van der Waals surface area contributed by atoms with E-state index >= 15 is 0 Å². The molecular formula is C15H22FNO2. The molecule has 0 radical (unpaired) electrons. The molecule has 0 aromatic heterocycles. The fourth-order valence-corrected chi connectivity index (χ4v) is 2.80. The lowest BCUT2D eigenvalue weighted by Gasteiger charge is -2.41. The molecule has 106 valence electrons. The van der Waals surface area contributed by atoms with E-state index in [0.29, 0.717) is 19.8 Å². The first-order valence-electron chi connectivity index (χ1n) is 6.82. The Morgan fingerprint density at radius 3 is 2.63 bits per heavy atom. The minimum absolute atomic E-state index is 0.246. The van der Waals surface area contributed by atoms with Gasteiger partial charge in [0.1, 0.15) is 5.82 Å². The largest absolute Gasteiger partial charge is 0.381 e. The summed E-state index contributed by atoms with van der Waals surface area (Å²) in [4.78, 5) is 0. The first-order chi connectivity index (χ1) is 9.07. The number of ether oxygens (including phenoxy) is 2. The van der Waals surface area contributed by atoms with Crippen LogP contribution in [0.1, 0.15) is 36.9 Å². The van der Waals surface area contributed by atoms with Gasteiger partial charge in [0, 0.05) is 32.7 Å². The van der Waals surface area contributed by atoms with Gasteiger partial charge in [-0.3, -0.25) is 0 Å². The molecule has 3 nitrogen and oxygen atoms in total. The van der Waals surface area contributed by atoms with Gasteiger partial charge in [-0.15, -0.1) is 0 Å². The zero-order chi connectivity index (χ0) is 13.9. The van der Waals surface area contributed by atoms with Crippen LogP contribution >= 0.6 is 0 Å². The molecule has 0 amide bonds. The summed E-state index contributed by atoms with van der Waals surface area (Å²) in [5.41, 5.74) is 7.62. The first kappa shape index (κ1) is 14.4. The smallest absolute Gasteiger partial charge is 0.123 e. The molecule has 0 aliphatic carbocycles. The number of benzene rings is 1. The third kappa shape index (κ3) is 3.14. The molecule has 0 saturated carbocycles. The summed E-state index contributed by atoms with van der Waals surface area (Å²) in [5, 5.41) is 0. The molecule has 4 heteroatoms. The lowest BCUT2D eigenvalue weighted by atomic mass is 9.82. The summed E-state index contributed by atoms with van der Waals surface area (Å²) in [7, 11) is 0. The van der Waals surface area contributed by atoms with Crippen molar-refractivity contribution in [2.75, 3.05) is 19.8 Å². The normalized spacial score (nSPS) is 20.2. The van der Waals surface area contributed by atoms with Crippen LogP contribution in [0.25, 0.3) is 0 Å². The second kappa shape index (κ2) is 5.99. The van der Waals surface area contributed by atoms with E-state index in [0.717, 1.165) is 24.0 Å². The number of rotatable bonds is 4. The van der Waals surface area contributed by atoms with E-state index in [1.54, 1.807) is 0 Å². The Morgan fingerprint density at radius 2 is 2.05 bits per heavy atom. The summed E-state index contributed by atoms with van der Waals surface area (Å²) in [6, 6.07) is 4.62. The standard InChI is InChI=1S/C15H22FNO2/c1-3-19-15(4-6-18-7-5-15)14(17)12-8-11(2)9-13(16)10-12/h8-10,14H,3-7,17H2,1-2H3. The molecule has 1 aliphatic rings. The van der Waals surface area contributed by atoms with Crippen LogP contribution in [0.5, 0.6) is 0 Å². The van der Waals surface area contributed by atoms with Gasteiger partial charge >= 0.3 is 0 Å². The summed E-state index contributed by atoms with van der Waals surface area (Å²) in [6.45, 7) is 5.71. The zero-order valence-electron chi connectivity index (χ0n) is 11.6. The first-order valence-corrected chi connectivity index (χ1v) is 6.82. The fraction of sp³-hybridized carbons (Fsp3) is 0.600. The van der Waals surface area contributed by atoms with Crippen LogP contribution in [-0.2, 0) is 9.47 Å². The number of hydrogen-bond donors (Lipinski definition) is 1. The number of halogens is 1. The second-order valence-corrected chi connectivity index (χ2v) is 5.15. The van der Waals surface area contributed by atoms with E-state index in [9.17, 15) is 4.39 Å². The number of nitrogens with two attached hydrogens (primary N) is 1. The van der Waals surface area contributed by atoms with E-state index in [4.69, 9.17) is 15.2 Å². The van der Waals surface area contributed by atoms with Crippen LogP contribution in [-0.4, -0.2) is 25.4 Å². The lowest BCUT2D eigenvalue weighted by Crippen LogP contribution is -2.48. The SMILES string of the molecule is CCOC1(C(N)c2cc(C)cc(F)c2)CCOCC1. The fourth-order valence-electron chi connectivity index (χ4n) is 2.80. The molecule has 1 fully saturated rings. The Balaban J connectivity index is 2.30. The molecule has 1 unspecified atom stereocenters. The van der Waals surface area contributed by atoms with Gasteiger partial charge in [-0.25, -0.2) is 4.39 Å². The predicted octanol–water partition coefficient (Wildman–Crippen LogP) is 2.72. The minimum atomic E-state index is -0.437. The van der Waals surface area contributed by atoms with Gasteiger partial charge in [0.25, 0.3) is 0 Å². The van der Waals surface area contributed by atoms with Crippen LogP contribution in [0.2, 0.25) is 0 Å². The topological polar surface area (TPSA) is 44.5 Å². The molecule has 1 aliphatic heterocycles. The van der Waals surface area contributed by atoms with Crippen molar-refractivity contribution in [3.05, 3.63) is 35.1 Å². The average molecular weight is 267 g/mol. The Bertz CT molecular complexity index is 404. The Hall–Kier alpha value is -0.970. The molecule has 2 rings (SSSR count). The van der Waals surface area contributed by atoms with Gasteiger partial charge < -0.3 is 15.2 Å². The molecular weight excluding hydrogens is 245 g/mol. The summed E-state index contributed by atoms with van der Waals surface area (Å²) in [5.74, 6) is -0.246. The third-order valence-electron chi connectivity index (χ3n) is 3.76. The van der Waals surface area contributed by atoms with Gasteiger partial charge in [0.15, 0.2) is 0 Å². The lowest BCUT2D eigenvalue weighted by molar-refractivity contribution is -0.121. The van der Waals surface area contributed by atoms with Crippen molar-refractivity contribution in [2.45, 2.75) is 38.3 Å². The van der Waals surface area contributed by atoms with Crippen molar-refractivity contribution in [1.82, 2.24) is 0 Å². The highest BCUT2D eigenvalue weighted by Gasteiger charge is 2.40. The van der Waals surface area contributed by atoms with Crippen molar-refractivity contribution in [1.29, 1.82) is 0 Å². The zero-order valence-corrected chi connectivity index (χ0v) is 11.6. The molecule has 19 heavy (non-hydrogen) atoms. The Kier molecular flexibility index (Phi) is 4.55. The summed E-state index contributed by atoms with van der Waals surface area (Å²) >= 11 is 0. The molecule has 2 N–H and O–H groups in total. The van der Waals surface area contributed by atoms with Gasteiger partial charge in [0.2, 0.25) is 0 Å².